The lowest BCUT2D eigenvalue weighted by molar-refractivity contribution is -0.159. The Bertz CT molecular complexity index is 327. The van der Waals surface area contributed by atoms with Gasteiger partial charge in [-0.3, -0.25) is 4.79 Å². The Morgan fingerprint density at radius 1 is 1.39 bits per heavy atom. The number of hydrogen-bond acceptors (Lipinski definition) is 2. The third-order valence-electron chi connectivity index (χ3n) is 4.59. The molecule has 0 aromatic carbocycles. The normalized spacial score (nSPS) is 31.9. The number of carbonyl (C=O) groups excluding carboxylic acids is 1. The van der Waals surface area contributed by atoms with Gasteiger partial charge in [-0.05, 0) is 50.4 Å². The van der Waals surface area contributed by atoms with Gasteiger partial charge < -0.3 is 10.0 Å². The number of carboxylic acid groups (broad SMARTS) is 1. The van der Waals surface area contributed by atoms with Crippen LogP contribution in [0.3, 0.4) is 0 Å². The van der Waals surface area contributed by atoms with Crippen LogP contribution in [0.15, 0.2) is 0 Å². The Labute approximate surface area is 108 Å². The summed E-state index contributed by atoms with van der Waals surface area (Å²) in [6.07, 6.45) is 7.38. The first-order chi connectivity index (χ1) is 8.64. The number of carbonyl (C=O) groups is 2. The summed E-state index contributed by atoms with van der Waals surface area (Å²) >= 11 is 0. The summed E-state index contributed by atoms with van der Waals surface area (Å²) < 4.78 is 0. The fourth-order valence-corrected chi connectivity index (χ4v) is 3.45. The fourth-order valence-electron chi connectivity index (χ4n) is 3.45. The van der Waals surface area contributed by atoms with Gasteiger partial charge in [0.15, 0.2) is 0 Å². The van der Waals surface area contributed by atoms with Gasteiger partial charge in [0.05, 0.1) is 0 Å². The van der Waals surface area contributed by atoms with Crippen molar-refractivity contribution in [2.45, 2.75) is 57.4 Å². The molecular formula is C14H23NO3. The Hall–Kier alpha value is -1.06. The SMILES string of the molecule is CCCN(C=O)C1(C(=O)O)CCCC(C2CC2)C1. The number of amides is 1. The van der Waals surface area contributed by atoms with E-state index in [0.717, 1.165) is 31.6 Å². The maximum absolute atomic E-state index is 11.7. The van der Waals surface area contributed by atoms with E-state index < -0.39 is 11.5 Å². The maximum atomic E-state index is 11.7. The summed E-state index contributed by atoms with van der Waals surface area (Å²) in [5, 5.41) is 9.64. The average molecular weight is 253 g/mol. The molecule has 0 aliphatic heterocycles. The molecule has 4 nitrogen and oxygen atoms in total. The van der Waals surface area contributed by atoms with Crippen LogP contribution >= 0.6 is 0 Å². The van der Waals surface area contributed by atoms with Gasteiger partial charge in [0.25, 0.3) is 0 Å². The van der Waals surface area contributed by atoms with Gasteiger partial charge in [-0.15, -0.1) is 0 Å². The molecule has 2 rings (SSSR count). The van der Waals surface area contributed by atoms with Gasteiger partial charge in [-0.25, -0.2) is 4.79 Å². The summed E-state index contributed by atoms with van der Waals surface area (Å²) in [5.74, 6) is 0.418. The molecule has 2 saturated carbocycles. The van der Waals surface area contributed by atoms with Crippen molar-refractivity contribution in [3.63, 3.8) is 0 Å². The van der Waals surface area contributed by atoms with Gasteiger partial charge in [-0.2, -0.15) is 0 Å². The minimum Gasteiger partial charge on any atom is -0.479 e. The molecule has 2 aliphatic rings. The van der Waals surface area contributed by atoms with E-state index in [1.54, 1.807) is 4.90 Å². The summed E-state index contributed by atoms with van der Waals surface area (Å²) in [6.45, 7) is 2.53. The molecular weight excluding hydrogens is 230 g/mol. The van der Waals surface area contributed by atoms with Gasteiger partial charge in [-0.1, -0.05) is 13.3 Å². The average Bonchev–Trinajstić information content (AvgIpc) is 3.20. The zero-order valence-corrected chi connectivity index (χ0v) is 11.1. The molecule has 2 fully saturated rings. The van der Waals surface area contributed by atoms with Crippen molar-refractivity contribution in [2.75, 3.05) is 6.54 Å². The number of hydrogen-bond donors (Lipinski definition) is 1. The van der Waals surface area contributed by atoms with E-state index in [1.807, 2.05) is 6.92 Å². The number of carboxylic acids is 1. The molecule has 1 N–H and O–H groups in total. The molecule has 0 saturated heterocycles. The van der Waals surface area contributed by atoms with Crippen molar-refractivity contribution in [1.82, 2.24) is 4.90 Å². The van der Waals surface area contributed by atoms with Crippen molar-refractivity contribution < 1.29 is 14.7 Å². The summed E-state index contributed by atoms with van der Waals surface area (Å²) in [6, 6.07) is 0. The Balaban J connectivity index is 2.18. The van der Waals surface area contributed by atoms with Crippen LogP contribution in [0.25, 0.3) is 0 Å². The zero-order chi connectivity index (χ0) is 13.2. The van der Waals surface area contributed by atoms with E-state index in [1.165, 1.54) is 12.8 Å². The quantitative estimate of drug-likeness (QED) is 0.739. The Morgan fingerprint density at radius 2 is 2.11 bits per heavy atom. The molecule has 2 aliphatic carbocycles. The van der Waals surface area contributed by atoms with Crippen LogP contribution in [0.4, 0.5) is 0 Å². The maximum Gasteiger partial charge on any atom is 0.329 e. The summed E-state index contributed by atoms with van der Waals surface area (Å²) in [4.78, 5) is 24.5. The highest BCUT2D eigenvalue weighted by molar-refractivity contribution is 5.81. The minimum atomic E-state index is -0.927. The molecule has 18 heavy (non-hydrogen) atoms. The standard InChI is InChI=1S/C14H23NO3/c1-2-8-15(10-16)14(13(17)18)7-3-4-12(9-14)11-5-6-11/h10-12H,2-9H2,1H3,(H,17,18). The summed E-state index contributed by atoms with van der Waals surface area (Å²) in [7, 11) is 0. The second kappa shape index (κ2) is 5.29. The van der Waals surface area contributed by atoms with Crippen molar-refractivity contribution in [3.05, 3.63) is 0 Å². The van der Waals surface area contributed by atoms with Crippen molar-refractivity contribution in [1.29, 1.82) is 0 Å². The predicted molar refractivity (Wildman–Crippen MR) is 68.1 cm³/mol. The van der Waals surface area contributed by atoms with Crippen LogP contribution in [0.5, 0.6) is 0 Å². The van der Waals surface area contributed by atoms with Crippen molar-refractivity contribution in [2.24, 2.45) is 11.8 Å². The molecule has 0 spiro atoms. The first kappa shape index (κ1) is 13.4. The second-order valence-electron chi connectivity index (χ2n) is 5.83. The zero-order valence-electron chi connectivity index (χ0n) is 11.1. The van der Waals surface area contributed by atoms with Crippen LogP contribution in [0.2, 0.25) is 0 Å². The molecule has 0 heterocycles. The van der Waals surface area contributed by atoms with E-state index in [2.05, 4.69) is 0 Å². The van der Waals surface area contributed by atoms with Crippen molar-refractivity contribution in [3.8, 4) is 0 Å². The highest BCUT2D eigenvalue weighted by atomic mass is 16.4. The third kappa shape index (κ3) is 2.38. The van der Waals surface area contributed by atoms with Crippen LogP contribution in [0, 0.1) is 11.8 Å². The molecule has 2 atom stereocenters. The molecule has 1 amide bonds. The van der Waals surface area contributed by atoms with E-state index in [0.29, 0.717) is 25.3 Å². The van der Waals surface area contributed by atoms with E-state index >= 15 is 0 Å². The van der Waals surface area contributed by atoms with Crippen LogP contribution in [-0.4, -0.2) is 34.5 Å². The number of aliphatic carboxylic acids is 1. The lowest BCUT2D eigenvalue weighted by Gasteiger charge is -2.44. The molecule has 0 aromatic rings. The van der Waals surface area contributed by atoms with E-state index in [-0.39, 0.29) is 0 Å². The van der Waals surface area contributed by atoms with E-state index in [9.17, 15) is 14.7 Å². The number of nitrogens with zero attached hydrogens (tertiary/aromatic N) is 1. The molecule has 0 radical (unpaired) electrons. The minimum absolute atomic E-state index is 0.508. The lowest BCUT2D eigenvalue weighted by Crippen LogP contribution is -2.57. The van der Waals surface area contributed by atoms with Crippen molar-refractivity contribution >= 4 is 12.4 Å². The van der Waals surface area contributed by atoms with Gasteiger partial charge in [0.1, 0.15) is 5.54 Å². The molecule has 102 valence electrons. The van der Waals surface area contributed by atoms with Crippen LogP contribution in [0.1, 0.15) is 51.9 Å². The molecule has 4 heteroatoms. The first-order valence-electron chi connectivity index (χ1n) is 7.09. The highest BCUT2D eigenvalue weighted by Gasteiger charge is 2.49. The molecule has 0 aromatic heterocycles. The van der Waals surface area contributed by atoms with Gasteiger partial charge in [0, 0.05) is 6.54 Å². The largest absolute Gasteiger partial charge is 0.479 e. The predicted octanol–water partition coefficient (Wildman–Crippen LogP) is 2.28. The van der Waals surface area contributed by atoms with Crippen LogP contribution in [-0.2, 0) is 9.59 Å². The highest BCUT2D eigenvalue weighted by Crippen LogP contribution is 2.48. The third-order valence-corrected chi connectivity index (χ3v) is 4.59. The fraction of sp³-hybridized carbons (Fsp3) is 0.857. The van der Waals surface area contributed by atoms with Gasteiger partial charge >= 0.3 is 5.97 Å². The van der Waals surface area contributed by atoms with E-state index in [4.69, 9.17) is 0 Å². The molecule has 0 bridgehead atoms. The topological polar surface area (TPSA) is 57.6 Å². The van der Waals surface area contributed by atoms with Crippen LogP contribution < -0.4 is 0 Å². The van der Waals surface area contributed by atoms with Gasteiger partial charge in [0.2, 0.25) is 6.41 Å². The summed E-state index contributed by atoms with van der Waals surface area (Å²) in [5.41, 5.74) is -0.927. The Morgan fingerprint density at radius 3 is 2.61 bits per heavy atom. The first-order valence-corrected chi connectivity index (χ1v) is 7.09. The monoisotopic (exact) mass is 253 g/mol. The molecule has 2 unspecified atom stereocenters. The lowest BCUT2D eigenvalue weighted by atomic mass is 9.73. The smallest absolute Gasteiger partial charge is 0.329 e. The number of rotatable bonds is 6. The Kier molecular flexibility index (Phi) is 3.93. The second-order valence-corrected chi connectivity index (χ2v) is 5.83.